The Bertz CT molecular complexity index is 3650. The van der Waals surface area contributed by atoms with E-state index in [1.165, 1.54) is 12.7 Å². The maximum absolute atomic E-state index is 14.8. The summed E-state index contributed by atoms with van der Waals surface area (Å²) in [6.45, 7) is 13.0. The summed E-state index contributed by atoms with van der Waals surface area (Å²) in [5.74, 6) is 0.0382. The van der Waals surface area contributed by atoms with E-state index in [0.29, 0.717) is 128 Å². The molecule has 0 saturated carbocycles. The van der Waals surface area contributed by atoms with Crippen LogP contribution in [0.1, 0.15) is 101 Å². The van der Waals surface area contributed by atoms with Crippen molar-refractivity contribution in [2.45, 2.75) is 102 Å². The van der Waals surface area contributed by atoms with Gasteiger partial charge in [-0.3, -0.25) is 9.59 Å². The van der Waals surface area contributed by atoms with Gasteiger partial charge in [-0.15, -0.1) is 0 Å². The molecule has 2 amide bonds. The Morgan fingerprint density at radius 1 is 0.724 bits per heavy atom. The Hall–Kier alpha value is -6.74. The summed E-state index contributed by atoms with van der Waals surface area (Å²) in [4.78, 5) is 43.7. The fourth-order valence-corrected chi connectivity index (χ4v) is 15.8. The third-order valence-electron chi connectivity index (χ3n) is 16.0. The number of amides is 2. The molecule has 18 nitrogen and oxygen atoms in total. The van der Waals surface area contributed by atoms with E-state index in [-0.39, 0.29) is 23.7 Å². The number of nitrogens with two attached hydrogens (primary N) is 2. The van der Waals surface area contributed by atoms with Crippen LogP contribution in [0.25, 0.3) is 55.7 Å². The number of anilines is 4. The summed E-state index contributed by atoms with van der Waals surface area (Å²) in [6.07, 6.45) is 12.4. The van der Waals surface area contributed by atoms with E-state index in [2.05, 4.69) is 32.2 Å². The van der Waals surface area contributed by atoms with E-state index >= 15 is 0 Å². The number of nitrogens with one attached hydrogen (secondary N) is 2. The van der Waals surface area contributed by atoms with Gasteiger partial charge in [0.05, 0.1) is 32.7 Å². The predicted molar refractivity (Wildman–Crippen MR) is 302 cm³/mol. The highest BCUT2D eigenvalue weighted by atomic mass is 32.2. The second-order valence-electron chi connectivity index (χ2n) is 21.4. The van der Waals surface area contributed by atoms with Gasteiger partial charge in [0.25, 0.3) is 5.91 Å². The van der Waals surface area contributed by atoms with Crippen molar-refractivity contribution in [1.29, 1.82) is 0 Å². The van der Waals surface area contributed by atoms with Crippen molar-refractivity contribution in [3.8, 4) is 22.5 Å². The molecule has 1 unspecified atom stereocenters. The summed E-state index contributed by atoms with van der Waals surface area (Å²) >= 11 is 0. The van der Waals surface area contributed by atoms with Crippen molar-refractivity contribution in [3.05, 3.63) is 95.6 Å². The molecule has 10 rings (SSSR count). The molecule has 2 aliphatic carbocycles. The number of allylic oxidation sites excluding steroid dienone is 4. The molecule has 2 fully saturated rings. The van der Waals surface area contributed by atoms with Crippen LogP contribution in [0.3, 0.4) is 0 Å². The lowest BCUT2D eigenvalue weighted by Gasteiger charge is -2.27. The van der Waals surface area contributed by atoms with E-state index in [4.69, 9.17) is 16.5 Å². The molecule has 2 aliphatic heterocycles. The van der Waals surface area contributed by atoms with Gasteiger partial charge in [0.1, 0.15) is 35.6 Å². The third kappa shape index (κ3) is 9.61. The number of carbonyl (C=O) groups is 2. The normalized spacial score (nSPS) is 19.9. The zero-order chi connectivity index (χ0) is 54.0. The van der Waals surface area contributed by atoms with Crippen LogP contribution >= 0.6 is 0 Å². The molecule has 0 spiro atoms. The van der Waals surface area contributed by atoms with Gasteiger partial charge in [0.15, 0.2) is 0 Å². The lowest BCUT2D eigenvalue weighted by Crippen LogP contribution is -2.38. The number of benzene rings is 2. The number of nitrogens with zero attached hydrogens (tertiary/aromatic N) is 8. The highest BCUT2D eigenvalue weighted by molar-refractivity contribution is 7.90. The maximum atomic E-state index is 14.8. The predicted octanol–water partition coefficient (Wildman–Crippen LogP) is 8.36. The van der Waals surface area contributed by atoms with Crippen LogP contribution in [0.4, 0.5) is 23.0 Å². The number of hydrogen-bond acceptors (Lipinski definition) is 12. The van der Waals surface area contributed by atoms with Crippen LogP contribution in [0.5, 0.6) is 0 Å². The molecular formula is C56H68N12O6S2. The van der Waals surface area contributed by atoms with Crippen molar-refractivity contribution in [2.75, 3.05) is 48.3 Å². The number of rotatable bonds is 14. The van der Waals surface area contributed by atoms with Crippen molar-refractivity contribution in [1.82, 2.24) is 37.7 Å². The summed E-state index contributed by atoms with van der Waals surface area (Å²) in [5.41, 5.74) is 25.3. The molecule has 2 aromatic carbocycles. The average Bonchev–Trinajstić information content (AvgIpc) is 4.23. The Labute approximate surface area is 444 Å². The van der Waals surface area contributed by atoms with Gasteiger partial charge < -0.3 is 31.2 Å². The molecule has 0 bridgehead atoms. The molecule has 4 aliphatic rings. The highest BCUT2D eigenvalue weighted by Gasteiger charge is 2.40. The van der Waals surface area contributed by atoms with Gasteiger partial charge in [0.2, 0.25) is 26.0 Å². The molecule has 20 heteroatoms. The molecule has 0 radical (unpaired) electrons. The second kappa shape index (κ2) is 20.7. The number of aromatic nitrogens is 6. The summed E-state index contributed by atoms with van der Waals surface area (Å²) in [7, 11) is -3.32. The van der Waals surface area contributed by atoms with Crippen LogP contribution < -0.4 is 22.1 Å². The van der Waals surface area contributed by atoms with Crippen LogP contribution in [-0.4, -0.2) is 103 Å². The van der Waals surface area contributed by atoms with Crippen LogP contribution in [-0.2, 0) is 50.2 Å². The smallest absolute Gasteiger partial charge is 0.250 e. The van der Waals surface area contributed by atoms with E-state index in [0.717, 1.165) is 68.8 Å². The average molecular weight is 1070 g/mol. The van der Waals surface area contributed by atoms with Crippen molar-refractivity contribution in [3.63, 3.8) is 0 Å². The number of aryl methyl sites for hydroxylation is 3. The fourth-order valence-electron chi connectivity index (χ4n) is 11.9. The van der Waals surface area contributed by atoms with Crippen molar-refractivity contribution in [2.24, 2.45) is 25.9 Å². The Morgan fingerprint density at radius 3 is 1.76 bits per heavy atom. The first-order valence-electron chi connectivity index (χ1n) is 26.3. The minimum Gasteiger partial charge on any atom is -0.383 e. The Balaban J connectivity index is 0.938. The first kappa shape index (κ1) is 52.7. The number of sulfonamides is 2. The molecule has 6 aromatic rings. The number of hydrogen-bond donors (Lipinski definition) is 4. The Kier molecular flexibility index (Phi) is 14.3. The molecular weight excluding hydrogens is 1000 g/mol. The number of nitrogen functional groups attached to an aromatic ring is 2. The summed E-state index contributed by atoms with van der Waals surface area (Å²) < 4.78 is 64.2. The Morgan fingerprint density at radius 2 is 1.25 bits per heavy atom. The first-order valence-corrected chi connectivity index (χ1v) is 29.3. The molecule has 4 aromatic heterocycles. The van der Waals surface area contributed by atoms with Gasteiger partial charge in [-0.25, -0.2) is 45.4 Å². The van der Waals surface area contributed by atoms with Crippen LogP contribution in [0.2, 0.25) is 0 Å². The maximum Gasteiger partial charge on any atom is 0.250 e. The number of fused-ring (bicyclic) bond motifs is 2. The van der Waals surface area contributed by atoms with Gasteiger partial charge >= 0.3 is 0 Å². The number of carbonyl (C=O) groups excluding carboxylic acids is 2. The largest absolute Gasteiger partial charge is 0.383 e. The van der Waals surface area contributed by atoms with Crippen LogP contribution in [0.15, 0.2) is 73.4 Å². The lowest BCUT2D eigenvalue weighted by atomic mass is 9.87. The van der Waals surface area contributed by atoms with E-state index in [1.807, 2.05) is 92.6 Å². The lowest BCUT2D eigenvalue weighted by molar-refractivity contribution is -0.119. The van der Waals surface area contributed by atoms with Gasteiger partial charge in [0, 0.05) is 85.4 Å². The zero-order valence-electron chi connectivity index (χ0n) is 44.2. The van der Waals surface area contributed by atoms with E-state index < -0.39 is 30.5 Å². The SMILES string of the molecule is C=C(C)C(=O)Nc1ccc(-c2c(C3=CC[C@@H](S(=O)(=O)N4CCCC4)CC3)c3c(N)ncnc3n2C)c(CC2CCN(S(=O)(=O)[C@H]3CC=C(c4c(-c5ccc(NC(=O)C(C)C)cc5C)n(C)c5ncnc(N)c45)CC3)C2)c1. The van der Waals surface area contributed by atoms with Crippen LogP contribution in [0, 0.1) is 18.8 Å². The minimum atomic E-state index is -3.75. The van der Waals surface area contributed by atoms with Gasteiger partial charge in [-0.05, 0) is 131 Å². The molecule has 6 heterocycles. The molecule has 6 N–H and O–H groups in total. The van der Waals surface area contributed by atoms with Gasteiger partial charge in [-0.1, -0.05) is 44.7 Å². The van der Waals surface area contributed by atoms with Gasteiger partial charge in [-0.2, -0.15) is 0 Å². The third-order valence-corrected chi connectivity index (χ3v) is 20.7. The summed E-state index contributed by atoms with van der Waals surface area (Å²) in [6, 6.07) is 11.6. The highest BCUT2D eigenvalue weighted by Crippen LogP contribution is 2.47. The minimum absolute atomic E-state index is 0.0571. The van der Waals surface area contributed by atoms with Crippen molar-refractivity contribution < 1.29 is 26.4 Å². The van der Waals surface area contributed by atoms with Crippen molar-refractivity contribution >= 4 is 88.1 Å². The quantitative estimate of drug-likeness (QED) is 0.0752. The molecule has 3 atom stereocenters. The molecule has 76 heavy (non-hydrogen) atoms. The molecule has 2 saturated heterocycles. The molecule has 400 valence electrons. The summed E-state index contributed by atoms with van der Waals surface area (Å²) in [5, 5.41) is 6.24. The standard InChI is InChI=1S/C56H68N12O6S2/c1-32(2)55(69)63-39-14-20-43(34(5)26-39)49-45(47-51(57)59-30-61-53(47)65(49)6)36-12-18-42(19-13-36)76(73,74)68-25-22-35(29-68)27-38-28-40(64-56(70)33(3)4)15-21-44(38)50-46(48-52(58)60-31-62-54(48)66(50)7)37-10-16-41(17-11-37)75(71,72)67-23-8-9-24-67/h10,12,14-15,20-21,26,28,30-32,35,41-42H,3,8-9,11,13,16-19,22-25,27,29H2,1-2,4-7H3,(H,63,69)(H,64,70)(H2,57,59,61)(H2,58,60,62)/t35?,41-,42+/m1/s1. The fraction of sp³-hybridized carbons (Fsp3) is 0.429. The zero-order valence-corrected chi connectivity index (χ0v) is 45.8. The van der Waals surface area contributed by atoms with E-state index in [1.54, 1.807) is 15.5 Å². The van der Waals surface area contributed by atoms with E-state index in [9.17, 15) is 26.4 Å². The second-order valence-corrected chi connectivity index (χ2v) is 25.9. The first-order chi connectivity index (χ1) is 36.2. The monoisotopic (exact) mass is 1070 g/mol. The topological polar surface area (TPSA) is 246 Å².